The minimum absolute atomic E-state index is 0.0971. The molecule has 17 heavy (non-hydrogen) atoms. The molecule has 2 rings (SSSR count). The largest absolute Gasteiger partial charge is 0.494 e. The Morgan fingerprint density at radius 2 is 2.35 bits per heavy atom. The number of amides is 1. The van der Waals surface area contributed by atoms with Crippen molar-refractivity contribution in [1.29, 1.82) is 0 Å². The first kappa shape index (κ1) is 11.9. The number of hydrogen-bond donors (Lipinski definition) is 1. The number of rotatable bonds is 4. The Balaban J connectivity index is 2.26. The van der Waals surface area contributed by atoms with E-state index in [9.17, 15) is 4.79 Å². The van der Waals surface area contributed by atoms with Gasteiger partial charge in [0.05, 0.1) is 12.3 Å². The Labute approximate surface area is 101 Å². The summed E-state index contributed by atoms with van der Waals surface area (Å²) in [6, 6.07) is 5.86. The number of nitrogens with zero attached hydrogens (tertiary/aromatic N) is 1. The molecule has 2 N–H and O–H groups in total. The molecule has 0 bridgehead atoms. The smallest absolute Gasteiger partial charge is 0.228 e. The molecule has 4 nitrogen and oxygen atoms in total. The zero-order chi connectivity index (χ0) is 12.3. The number of carbonyl (C=O) groups excluding carboxylic acids is 1. The zero-order valence-corrected chi connectivity index (χ0v) is 10.1. The summed E-state index contributed by atoms with van der Waals surface area (Å²) in [5.41, 5.74) is 7.54. The first-order valence-electron chi connectivity index (χ1n) is 6.03. The Morgan fingerprint density at radius 3 is 3.06 bits per heavy atom. The number of benzene rings is 1. The summed E-state index contributed by atoms with van der Waals surface area (Å²) in [4.78, 5) is 13.7. The summed E-state index contributed by atoms with van der Waals surface area (Å²) < 4.78 is 5.57. The second-order valence-electron chi connectivity index (χ2n) is 4.02. The van der Waals surface area contributed by atoms with E-state index in [1.165, 1.54) is 0 Å². The van der Waals surface area contributed by atoms with Gasteiger partial charge in [0.25, 0.3) is 0 Å². The molecule has 1 aliphatic heterocycles. The molecule has 1 aromatic carbocycles. The molecular weight excluding hydrogens is 216 g/mol. The molecule has 0 saturated heterocycles. The summed E-state index contributed by atoms with van der Waals surface area (Å²) in [6.45, 7) is 3.74. The van der Waals surface area contributed by atoms with Gasteiger partial charge >= 0.3 is 0 Å². The van der Waals surface area contributed by atoms with Crippen molar-refractivity contribution >= 4 is 11.6 Å². The maximum atomic E-state index is 11.9. The Morgan fingerprint density at radius 1 is 1.53 bits per heavy atom. The van der Waals surface area contributed by atoms with E-state index in [2.05, 4.69) is 0 Å². The Hall–Kier alpha value is -1.55. The van der Waals surface area contributed by atoms with Gasteiger partial charge in [0.15, 0.2) is 0 Å². The Kier molecular flexibility index (Phi) is 3.64. The van der Waals surface area contributed by atoms with Crippen molar-refractivity contribution in [3.63, 3.8) is 0 Å². The summed E-state index contributed by atoms with van der Waals surface area (Å²) in [5, 5.41) is 0. The van der Waals surface area contributed by atoms with E-state index in [1.54, 1.807) is 0 Å². The van der Waals surface area contributed by atoms with Crippen LogP contribution in [-0.4, -0.2) is 25.6 Å². The molecule has 1 heterocycles. The number of carbonyl (C=O) groups is 1. The maximum absolute atomic E-state index is 11.9. The molecule has 0 fully saturated rings. The van der Waals surface area contributed by atoms with Gasteiger partial charge in [0.2, 0.25) is 5.91 Å². The average molecular weight is 234 g/mol. The highest BCUT2D eigenvalue weighted by molar-refractivity contribution is 5.96. The van der Waals surface area contributed by atoms with Crippen LogP contribution in [0.2, 0.25) is 0 Å². The standard InChI is InChI=1S/C13H18N2O2/c1-2-17-12-5-3-4-11-10(12)7-9-15(11)13(16)6-8-14/h3-5H,2,6-9,14H2,1H3. The van der Waals surface area contributed by atoms with Crippen LogP contribution in [0.5, 0.6) is 5.75 Å². The van der Waals surface area contributed by atoms with Gasteiger partial charge in [-0.25, -0.2) is 0 Å². The monoisotopic (exact) mass is 234 g/mol. The van der Waals surface area contributed by atoms with E-state index in [1.807, 2.05) is 30.0 Å². The molecule has 0 aliphatic carbocycles. The van der Waals surface area contributed by atoms with Gasteiger partial charge in [-0.2, -0.15) is 0 Å². The molecule has 4 heteroatoms. The van der Waals surface area contributed by atoms with E-state index >= 15 is 0 Å². The lowest BCUT2D eigenvalue weighted by molar-refractivity contribution is -0.118. The second kappa shape index (κ2) is 5.19. The average Bonchev–Trinajstić information content (AvgIpc) is 2.74. The van der Waals surface area contributed by atoms with E-state index < -0.39 is 0 Å². The van der Waals surface area contributed by atoms with Crippen LogP contribution >= 0.6 is 0 Å². The summed E-state index contributed by atoms with van der Waals surface area (Å²) >= 11 is 0. The fourth-order valence-corrected chi connectivity index (χ4v) is 2.21. The van der Waals surface area contributed by atoms with Crippen molar-refractivity contribution < 1.29 is 9.53 Å². The van der Waals surface area contributed by atoms with Crippen LogP contribution in [0.25, 0.3) is 0 Å². The predicted octanol–water partition coefficient (Wildman–Crippen LogP) is 1.32. The third-order valence-corrected chi connectivity index (χ3v) is 2.94. The molecule has 92 valence electrons. The van der Waals surface area contributed by atoms with Gasteiger partial charge in [-0.15, -0.1) is 0 Å². The van der Waals surface area contributed by atoms with Crippen LogP contribution in [0.1, 0.15) is 18.9 Å². The van der Waals surface area contributed by atoms with Gasteiger partial charge in [0, 0.05) is 25.1 Å². The lowest BCUT2D eigenvalue weighted by Gasteiger charge is -2.17. The van der Waals surface area contributed by atoms with Crippen molar-refractivity contribution in [1.82, 2.24) is 0 Å². The highest BCUT2D eigenvalue weighted by atomic mass is 16.5. The highest BCUT2D eigenvalue weighted by Gasteiger charge is 2.26. The van der Waals surface area contributed by atoms with Gasteiger partial charge < -0.3 is 15.4 Å². The maximum Gasteiger partial charge on any atom is 0.228 e. The molecule has 1 aliphatic rings. The molecule has 0 unspecified atom stereocenters. The van der Waals surface area contributed by atoms with Crippen molar-refractivity contribution in [3.05, 3.63) is 23.8 Å². The molecule has 1 amide bonds. The number of fused-ring (bicyclic) bond motifs is 1. The van der Waals surface area contributed by atoms with E-state index in [0.29, 0.717) is 19.6 Å². The molecule has 1 aromatic rings. The second-order valence-corrected chi connectivity index (χ2v) is 4.02. The van der Waals surface area contributed by atoms with Crippen LogP contribution in [0.4, 0.5) is 5.69 Å². The van der Waals surface area contributed by atoms with E-state index in [4.69, 9.17) is 10.5 Å². The first-order chi connectivity index (χ1) is 8.27. The van der Waals surface area contributed by atoms with Crippen molar-refractivity contribution in [2.24, 2.45) is 5.73 Å². The molecule has 0 saturated carbocycles. The lowest BCUT2D eigenvalue weighted by atomic mass is 10.1. The fourth-order valence-electron chi connectivity index (χ4n) is 2.21. The third kappa shape index (κ3) is 2.26. The minimum Gasteiger partial charge on any atom is -0.494 e. The van der Waals surface area contributed by atoms with Gasteiger partial charge in [-0.1, -0.05) is 6.07 Å². The SMILES string of the molecule is CCOc1cccc2c1CCN2C(=O)CCN. The number of hydrogen-bond acceptors (Lipinski definition) is 3. The van der Waals surface area contributed by atoms with Gasteiger partial charge in [-0.05, 0) is 25.5 Å². The topological polar surface area (TPSA) is 55.6 Å². The molecule has 0 atom stereocenters. The molecule has 0 aromatic heterocycles. The number of ether oxygens (including phenoxy) is 1. The van der Waals surface area contributed by atoms with Crippen LogP contribution < -0.4 is 15.4 Å². The first-order valence-corrected chi connectivity index (χ1v) is 6.03. The predicted molar refractivity (Wildman–Crippen MR) is 67.3 cm³/mol. The molecule has 0 spiro atoms. The van der Waals surface area contributed by atoms with E-state index in [0.717, 1.165) is 30.0 Å². The molecule has 0 radical (unpaired) electrons. The summed E-state index contributed by atoms with van der Waals surface area (Å²) in [6.07, 6.45) is 1.26. The fraction of sp³-hybridized carbons (Fsp3) is 0.462. The normalized spacial score (nSPS) is 13.6. The van der Waals surface area contributed by atoms with Crippen molar-refractivity contribution in [2.45, 2.75) is 19.8 Å². The minimum atomic E-state index is 0.0971. The van der Waals surface area contributed by atoms with Gasteiger partial charge in [0.1, 0.15) is 5.75 Å². The summed E-state index contributed by atoms with van der Waals surface area (Å²) in [5.74, 6) is 0.993. The highest BCUT2D eigenvalue weighted by Crippen LogP contribution is 2.35. The van der Waals surface area contributed by atoms with Crippen LogP contribution in [0.15, 0.2) is 18.2 Å². The Bertz CT molecular complexity index is 418. The zero-order valence-electron chi connectivity index (χ0n) is 10.1. The van der Waals surface area contributed by atoms with Crippen LogP contribution in [0, 0.1) is 0 Å². The molecular formula is C13H18N2O2. The number of anilines is 1. The van der Waals surface area contributed by atoms with Gasteiger partial charge in [-0.3, -0.25) is 4.79 Å². The third-order valence-electron chi connectivity index (χ3n) is 2.94. The van der Waals surface area contributed by atoms with Crippen molar-refractivity contribution in [2.75, 3.05) is 24.6 Å². The van der Waals surface area contributed by atoms with Crippen molar-refractivity contribution in [3.8, 4) is 5.75 Å². The van der Waals surface area contributed by atoms with E-state index in [-0.39, 0.29) is 5.91 Å². The van der Waals surface area contributed by atoms with Crippen LogP contribution in [0.3, 0.4) is 0 Å². The lowest BCUT2D eigenvalue weighted by Crippen LogP contribution is -2.30. The summed E-state index contributed by atoms with van der Waals surface area (Å²) in [7, 11) is 0. The van der Waals surface area contributed by atoms with Crippen LogP contribution in [-0.2, 0) is 11.2 Å². The number of nitrogens with two attached hydrogens (primary N) is 1. The quantitative estimate of drug-likeness (QED) is 0.855.